The van der Waals surface area contributed by atoms with Crippen LogP contribution in [0.2, 0.25) is 0 Å². The SMILES string of the molecule is CC(C)C[C@H](NC(=O)[C@H](CCC(N)=O)NC(=O)[C@H](CO)NC(=O)[C@@H]1CCCN1C(=O)[C@@H](N)CS)C(=O)N[C@@H](CCC(N)=O)C(=O)N1CCC[C@H]1C(=O)N[C@@H](C)C(=O)N1CCC[C@H]1C(=O)N[C@@H](CCCN=C(N)N)C(=O)O. The smallest absolute Gasteiger partial charge is 0.326 e. The second-order valence-corrected chi connectivity index (χ2v) is 19.9. The molecule has 3 fully saturated rings. The van der Waals surface area contributed by atoms with E-state index in [-0.39, 0.29) is 88.8 Å². The number of carboxylic acid groups (broad SMARTS) is 1. The van der Waals surface area contributed by atoms with Gasteiger partial charge in [-0.15, -0.1) is 0 Å². The summed E-state index contributed by atoms with van der Waals surface area (Å²) < 4.78 is 0. The fraction of sp³-hybridized carbons (Fsp3) is 0.717. The van der Waals surface area contributed by atoms with Crippen molar-refractivity contribution in [3.63, 3.8) is 0 Å². The van der Waals surface area contributed by atoms with Gasteiger partial charge in [0.25, 0.3) is 0 Å². The highest BCUT2D eigenvalue weighted by Crippen LogP contribution is 2.23. The number of amides is 11. The molecule has 3 aliphatic heterocycles. The van der Waals surface area contributed by atoms with Gasteiger partial charge in [-0.05, 0) is 83.5 Å². The van der Waals surface area contributed by atoms with Gasteiger partial charge in [0.1, 0.15) is 54.4 Å². The lowest BCUT2D eigenvalue weighted by molar-refractivity contribution is -0.145. The number of primary amides is 2. The van der Waals surface area contributed by atoms with Gasteiger partial charge in [-0.25, -0.2) is 4.79 Å². The fourth-order valence-corrected chi connectivity index (χ4v) is 9.29. The lowest BCUT2D eigenvalue weighted by Gasteiger charge is -2.32. The predicted octanol–water partition coefficient (Wildman–Crippen LogP) is -6.15. The van der Waals surface area contributed by atoms with Gasteiger partial charge in [0.2, 0.25) is 65.0 Å². The summed E-state index contributed by atoms with van der Waals surface area (Å²) in [4.78, 5) is 166. The number of aliphatic hydroxyl groups is 1. The molecule has 0 aromatic rings. The second-order valence-electron chi connectivity index (χ2n) is 19.5. The number of nitrogens with one attached hydrogen (secondary N) is 6. The number of guanidine groups is 1. The topological polar surface area (TPSA) is 470 Å². The summed E-state index contributed by atoms with van der Waals surface area (Å²) in [6, 6.07) is -12.8. The highest BCUT2D eigenvalue weighted by Gasteiger charge is 2.43. The number of nitrogens with two attached hydrogens (primary N) is 5. The molecule has 0 saturated carbocycles. The van der Waals surface area contributed by atoms with E-state index in [0.717, 1.165) is 0 Å². The Hall–Kier alpha value is -6.82. The zero-order valence-corrected chi connectivity index (χ0v) is 44.1. The predicted molar refractivity (Wildman–Crippen MR) is 274 cm³/mol. The van der Waals surface area contributed by atoms with Gasteiger partial charge in [0.15, 0.2) is 5.96 Å². The molecule has 3 aliphatic rings. The summed E-state index contributed by atoms with van der Waals surface area (Å²) in [5.74, 6) is -10.6. The van der Waals surface area contributed by atoms with Crippen LogP contribution in [-0.2, 0) is 57.5 Å². The quantitative estimate of drug-likeness (QED) is 0.0138. The average molecular weight is 1100 g/mol. The van der Waals surface area contributed by atoms with Crippen molar-refractivity contribution in [2.24, 2.45) is 39.6 Å². The van der Waals surface area contributed by atoms with Crippen LogP contribution in [0.1, 0.15) is 104 Å². The lowest BCUT2D eigenvalue weighted by atomic mass is 10.0. The van der Waals surface area contributed by atoms with Crippen LogP contribution >= 0.6 is 12.6 Å². The van der Waals surface area contributed by atoms with E-state index in [2.05, 4.69) is 49.5 Å². The number of likely N-dealkylation sites (tertiary alicyclic amines) is 3. The van der Waals surface area contributed by atoms with Gasteiger partial charge in [0.05, 0.1) is 12.6 Å². The fourth-order valence-electron chi connectivity index (χ4n) is 9.13. The van der Waals surface area contributed by atoms with E-state index in [4.69, 9.17) is 28.7 Å². The van der Waals surface area contributed by atoms with E-state index in [1.165, 1.54) is 21.6 Å². The van der Waals surface area contributed by atoms with Crippen molar-refractivity contribution >= 4 is 89.5 Å². The number of nitrogens with zero attached hydrogens (tertiary/aromatic N) is 4. The van der Waals surface area contributed by atoms with Crippen molar-refractivity contribution in [1.82, 2.24) is 46.6 Å². The van der Waals surface area contributed by atoms with Crippen molar-refractivity contribution < 1.29 is 67.7 Å². The molecular formula is C46H77N15O14S. The van der Waals surface area contributed by atoms with Gasteiger partial charge in [-0.2, -0.15) is 12.6 Å². The summed E-state index contributed by atoms with van der Waals surface area (Å²) in [6.45, 7) is 4.40. The molecule has 18 N–H and O–H groups in total. The molecule has 76 heavy (non-hydrogen) atoms. The zero-order chi connectivity index (χ0) is 57.0. The van der Waals surface area contributed by atoms with Crippen molar-refractivity contribution in [2.45, 2.75) is 165 Å². The van der Waals surface area contributed by atoms with Crippen molar-refractivity contribution in [1.29, 1.82) is 0 Å². The molecule has 30 heteroatoms. The third-order valence-corrected chi connectivity index (χ3v) is 13.5. The number of thiol groups is 1. The Morgan fingerprint density at radius 1 is 0.579 bits per heavy atom. The number of hydrogen-bond acceptors (Lipinski definition) is 16. The number of carbonyl (C=O) groups is 12. The standard InChI is InChI=1S/C46H77N15O14S/c1-23(2)20-29(57-36(65)26(12-14-34(48)63)54-38(67)30(21-62)58-41(70)33-11-6-18-60(33)43(72)25(47)22-76)37(66)55-27(13-15-35(49)64)44(73)61-19-7-9-31(61)39(68)53-24(3)42(71)59-17-5-10-32(59)40(69)56-28(45(74)75)8-4-16-52-46(50)51/h23-33,62,76H,4-22,47H2,1-3H3,(H2,48,63)(H2,49,64)(H,53,68)(H,54,67)(H,55,66)(H,56,69)(H,57,65)(H,58,70)(H,74,75)(H4,50,51,52)/t24-,25-,26-,27-,28-,29-,30-,31-,32-,33-/m0/s1. The van der Waals surface area contributed by atoms with Crippen molar-refractivity contribution in [3.8, 4) is 0 Å². The van der Waals surface area contributed by atoms with Crippen LogP contribution in [0.15, 0.2) is 4.99 Å². The molecule has 3 saturated heterocycles. The maximum atomic E-state index is 14.3. The molecule has 3 rings (SSSR count). The summed E-state index contributed by atoms with van der Waals surface area (Å²) in [5, 5.41) is 34.9. The maximum absolute atomic E-state index is 14.3. The molecule has 29 nitrogen and oxygen atoms in total. The zero-order valence-electron chi connectivity index (χ0n) is 43.2. The largest absolute Gasteiger partial charge is 0.480 e. The summed E-state index contributed by atoms with van der Waals surface area (Å²) in [6.07, 6.45) is 0.428. The van der Waals surface area contributed by atoms with E-state index in [1.807, 2.05) is 0 Å². The molecule has 0 aliphatic carbocycles. The summed E-state index contributed by atoms with van der Waals surface area (Å²) >= 11 is 4.05. The van der Waals surface area contributed by atoms with Gasteiger partial charge >= 0.3 is 5.97 Å². The van der Waals surface area contributed by atoms with Crippen LogP contribution in [0, 0.1) is 5.92 Å². The van der Waals surface area contributed by atoms with E-state index in [9.17, 15) is 67.7 Å². The molecule has 0 aromatic heterocycles. The number of hydrogen-bond donors (Lipinski definition) is 14. The Balaban J connectivity index is 1.75. The molecule has 0 aromatic carbocycles. The van der Waals surface area contributed by atoms with E-state index in [0.29, 0.717) is 19.3 Å². The Morgan fingerprint density at radius 3 is 1.49 bits per heavy atom. The second kappa shape index (κ2) is 30.7. The number of rotatable bonds is 30. The molecule has 10 atom stereocenters. The van der Waals surface area contributed by atoms with E-state index < -0.39 is 157 Å². The lowest BCUT2D eigenvalue weighted by Crippen LogP contribution is -2.60. The molecule has 0 spiro atoms. The third-order valence-electron chi connectivity index (χ3n) is 13.1. The van der Waals surface area contributed by atoms with Crippen LogP contribution in [-0.4, -0.2) is 201 Å². The first-order chi connectivity index (χ1) is 35.8. The van der Waals surface area contributed by atoms with Crippen LogP contribution in [0.25, 0.3) is 0 Å². The minimum Gasteiger partial charge on any atom is -0.480 e. The first kappa shape index (κ1) is 63.5. The minimum absolute atomic E-state index is 0.00389. The van der Waals surface area contributed by atoms with Crippen LogP contribution in [0.3, 0.4) is 0 Å². The van der Waals surface area contributed by atoms with Gasteiger partial charge in [-0.1, -0.05) is 13.8 Å². The monoisotopic (exact) mass is 1100 g/mol. The Bertz CT molecular complexity index is 2170. The molecule has 0 unspecified atom stereocenters. The van der Waals surface area contributed by atoms with E-state index in [1.54, 1.807) is 13.8 Å². The number of carbonyl (C=O) groups excluding carboxylic acids is 11. The molecule has 0 bridgehead atoms. The number of aliphatic imine (C=N–C) groups is 1. The molecule has 426 valence electrons. The molecular weight excluding hydrogens is 1020 g/mol. The van der Waals surface area contributed by atoms with Crippen LogP contribution < -0.4 is 60.6 Å². The molecule has 0 radical (unpaired) electrons. The highest BCUT2D eigenvalue weighted by atomic mass is 32.1. The maximum Gasteiger partial charge on any atom is 0.326 e. The number of aliphatic carboxylic acids is 1. The molecule has 3 heterocycles. The Labute approximate surface area is 445 Å². The normalized spacial score (nSPS) is 19.9. The van der Waals surface area contributed by atoms with Gasteiger partial charge in [0, 0.05) is 44.8 Å². The molecule has 11 amide bonds. The van der Waals surface area contributed by atoms with Crippen molar-refractivity contribution in [2.75, 3.05) is 38.5 Å². The highest BCUT2D eigenvalue weighted by molar-refractivity contribution is 7.80. The van der Waals surface area contributed by atoms with E-state index >= 15 is 0 Å². The summed E-state index contributed by atoms with van der Waals surface area (Å²) in [5.41, 5.74) is 27.3. The number of aliphatic hydroxyl groups excluding tert-OH is 1. The first-order valence-corrected chi connectivity index (χ1v) is 26.0. The van der Waals surface area contributed by atoms with Crippen LogP contribution in [0.4, 0.5) is 0 Å². The van der Waals surface area contributed by atoms with Gasteiger partial charge < -0.3 is 85.5 Å². The third kappa shape index (κ3) is 19.1. The Morgan fingerprint density at radius 2 is 1.01 bits per heavy atom. The van der Waals surface area contributed by atoms with Gasteiger partial charge in [-0.3, -0.25) is 57.7 Å². The number of carboxylic acids is 1. The van der Waals surface area contributed by atoms with Crippen LogP contribution in [0.5, 0.6) is 0 Å². The minimum atomic E-state index is -1.64. The average Bonchev–Trinajstić information content (AvgIpc) is 4.17. The Kier molecular flexibility index (Phi) is 25.6. The first-order valence-electron chi connectivity index (χ1n) is 25.4. The van der Waals surface area contributed by atoms with Crippen molar-refractivity contribution in [3.05, 3.63) is 0 Å². The summed E-state index contributed by atoms with van der Waals surface area (Å²) in [7, 11) is 0.